The van der Waals surface area contributed by atoms with Crippen molar-refractivity contribution in [2.24, 2.45) is 0 Å². The quantitative estimate of drug-likeness (QED) is 0.424. The van der Waals surface area contributed by atoms with Crippen LogP contribution in [-0.2, 0) is 4.79 Å². The lowest BCUT2D eigenvalue weighted by molar-refractivity contribution is -0.122. The minimum absolute atomic E-state index is 0.101. The lowest BCUT2D eigenvalue weighted by Crippen LogP contribution is -2.48. The molecule has 1 aromatic rings. The van der Waals surface area contributed by atoms with Crippen molar-refractivity contribution in [2.75, 3.05) is 25.1 Å². The molecule has 6 heteroatoms. The van der Waals surface area contributed by atoms with Gasteiger partial charge in [-0.05, 0) is 43.4 Å². The largest absolute Gasteiger partial charge is 0.353 e. The lowest BCUT2D eigenvalue weighted by atomic mass is 10.1. The highest BCUT2D eigenvalue weighted by atomic mass is 32.2. The van der Waals surface area contributed by atoms with Crippen molar-refractivity contribution in [1.82, 2.24) is 16.0 Å². The van der Waals surface area contributed by atoms with Crippen LogP contribution in [0, 0.1) is 0 Å². The maximum absolute atomic E-state index is 12.6. The summed E-state index contributed by atoms with van der Waals surface area (Å²) in [5.74, 6) is 0.525. The SMILES string of the molecule is CSCCC(NC(=O)c1ccccc1)C(=O)NCCNC1CCCCCC1. The predicted molar refractivity (Wildman–Crippen MR) is 113 cm³/mol. The Hall–Kier alpha value is -1.53. The number of carbonyl (C=O) groups excluding carboxylic acids is 2. The van der Waals surface area contributed by atoms with E-state index in [1.807, 2.05) is 24.5 Å². The highest BCUT2D eigenvalue weighted by Crippen LogP contribution is 2.16. The maximum Gasteiger partial charge on any atom is 0.251 e. The maximum atomic E-state index is 12.6. The van der Waals surface area contributed by atoms with E-state index in [0.717, 1.165) is 12.3 Å². The molecule has 0 bridgehead atoms. The Balaban J connectivity index is 1.76. The molecule has 0 aliphatic heterocycles. The second-order valence-electron chi connectivity index (χ2n) is 7.11. The Morgan fingerprint density at radius 1 is 1.07 bits per heavy atom. The van der Waals surface area contributed by atoms with E-state index in [0.29, 0.717) is 24.6 Å². The number of rotatable bonds is 10. The fraction of sp³-hybridized carbons (Fsp3) is 0.619. The molecule has 3 N–H and O–H groups in total. The Bertz CT molecular complexity index is 560. The second kappa shape index (κ2) is 12.8. The molecule has 1 aliphatic carbocycles. The van der Waals surface area contributed by atoms with Crippen LogP contribution < -0.4 is 16.0 Å². The van der Waals surface area contributed by atoms with Gasteiger partial charge in [0.2, 0.25) is 5.91 Å². The van der Waals surface area contributed by atoms with E-state index in [4.69, 9.17) is 0 Å². The zero-order chi connectivity index (χ0) is 19.3. The molecule has 1 fully saturated rings. The first kappa shape index (κ1) is 21.8. The Kier molecular flexibility index (Phi) is 10.3. The predicted octanol–water partition coefficient (Wildman–Crippen LogP) is 2.97. The summed E-state index contributed by atoms with van der Waals surface area (Å²) in [5, 5.41) is 9.42. The molecule has 5 nitrogen and oxygen atoms in total. The lowest BCUT2D eigenvalue weighted by Gasteiger charge is -2.20. The molecule has 150 valence electrons. The molecule has 2 rings (SSSR count). The molecule has 0 heterocycles. The molecule has 1 atom stereocenters. The van der Waals surface area contributed by atoms with Crippen molar-refractivity contribution in [2.45, 2.75) is 57.0 Å². The number of carbonyl (C=O) groups is 2. The van der Waals surface area contributed by atoms with Crippen molar-refractivity contribution in [3.8, 4) is 0 Å². The number of hydrogen-bond acceptors (Lipinski definition) is 4. The van der Waals surface area contributed by atoms with Crippen LogP contribution in [0.15, 0.2) is 30.3 Å². The highest BCUT2D eigenvalue weighted by Gasteiger charge is 2.21. The first-order valence-electron chi connectivity index (χ1n) is 10.1. The third-order valence-corrected chi connectivity index (χ3v) is 5.62. The first-order valence-corrected chi connectivity index (χ1v) is 11.5. The van der Waals surface area contributed by atoms with Crippen LogP contribution in [0.1, 0.15) is 55.3 Å². The van der Waals surface area contributed by atoms with Crippen molar-refractivity contribution in [1.29, 1.82) is 0 Å². The zero-order valence-electron chi connectivity index (χ0n) is 16.3. The number of thioether (sulfide) groups is 1. The summed E-state index contributed by atoms with van der Waals surface area (Å²) < 4.78 is 0. The molecule has 1 saturated carbocycles. The standard InChI is InChI=1S/C21H33N3O2S/c1-27-16-13-19(24-20(25)17-9-5-4-6-10-17)21(26)23-15-14-22-18-11-7-2-3-8-12-18/h4-6,9-10,18-19,22H,2-3,7-8,11-16H2,1H3,(H,23,26)(H,24,25). The fourth-order valence-electron chi connectivity index (χ4n) is 3.40. The van der Waals surface area contributed by atoms with Gasteiger partial charge in [-0.15, -0.1) is 0 Å². The summed E-state index contributed by atoms with van der Waals surface area (Å²) in [7, 11) is 0. The first-order chi connectivity index (χ1) is 13.2. The van der Waals surface area contributed by atoms with E-state index in [1.54, 1.807) is 23.9 Å². The molecule has 2 amide bonds. The van der Waals surface area contributed by atoms with Gasteiger partial charge in [-0.2, -0.15) is 11.8 Å². The molecule has 1 unspecified atom stereocenters. The summed E-state index contributed by atoms with van der Waals surface area (Å²) in [6, 6.07) is 9.12. The van der Waals surface area contributed by atoms with Crippen LogP contribution in [-0.4, -0.2) is 49.0 Å². The summed E-state index contributed by atoms with van der Waals surface area (Å²) >= 11 is 1.68. The van der Waals surface area contributed by atoms with Crippen LogP contribution in [0.3, 0.4) is 0 Å². The van der Waals surface area contributed by atoms with Gasteiger partial charge >= 0.3 is 0 Å². The van der Waals surface area contributed by atoms with Gasteiger partial charge in [0.05, 0.1) is 0 Å². The second-order valence-corrected chi connectivity index (χ2v) is 8.09. The van der Waals surface area contributed by atoms with E-state index in [-0.39, 0.29) is 11.8 Å². The van der Waals surface area contributed by atoms with Gasteiger partial charge in [-0.3, -0.25) is 9.59 Å². The zero-order valence-corrected chi connectivity index (χ0v) is 17.2. The van der Waals surface area contributed by atoms with Crippen LogP contribution in [0.5, 0.6) is 0 Å². The molecular formula is C21H33N3O2S. The van der Waals surface area contributed by atoms with Crippen molar-refractivity contribution >= 4 is 23.6 Å². The van der Waals surface area contributed by atoms with E-state index in [9.17, 15) is 9.59 Å². The molecule has 0 radical (unpaired) electrons. The fourth-order valence-corrected chi connectivity index (χ4v) is 3.88. The molecular weight excluding hydrogens is 358 g/mol. The smallest absolute Gasteiger partial charge is 0.251 e. The van der Waals surface area contributed by atoms with Gasteiger partial charge in [-0.25, -0.2) is 0 Å². The number of benzene rings is 1. The summed E-state index contributed by atoms with van der Waals surface area (Å²) in [4.78, 5) is 24.9. The molecule has 1 aliphatic rings. The topological polar surface area (TPSA) is 70.2 Å². The Morgan fingerprint density at radius 2 is 1.78 bits per heavy atom. The molecule has 0 spiro atoms. The monoisotopic (exact) mass is 391 g/mol. The van der Waals surface area contributed by atoms with Gasteiger partial charge in [0, 0.05) is 24.7 Å². The van der Waals surface area contributed by atoms with Gasteiger partial charge in [0.25, 0.3) is 5.91 Å². The van der Waals surface area contributed by atoms with Gasteiger partial charge in [0.15, 0.2) is 0 Å². The highest BCUT2D eigenvalue weighted by molar-refractivity contribution is 7.98. The average Bonchev–Trinajstić information content (AvgIpc) is 2.97. The summed E-state index contributed by atoms with van der Waals surface area (Å²) in [5.41, 5.74) is 0.578. The number of hydrogen-bond donors (Lipinski definition) is 3. The Labute approximate surface area is 167 Å². The summed E-state index contributed by atoms with van der Waals surface area (Å²) in [6.07, 6.45) is 10.4. The van der Waals surface area contributed by atoms with Gasteiger partial charge in [-0.1, -0.05) is 43.9 Å². The van der Waals surface area contributed by atoms with Crippen molar-refractivity contribution in [3.05, 3.63) is 35.9 Å². The van der Waals surface area contributed by atoms with E-state index in [2.05, 4.69) is 16.0 Å². The summed E-state index contributed by atoms with van der Waals surface area (Å²) in [6.45, 7) is 1.37. The van der Waals surface area contributed by atoms with Crippen molar-refractivity contribution < 1.29 is 9.59 Å². The normalized spacial score (nSPS) is 16.3. The van der Waals surface area contributed by atoms with E-state index in [1.165, 1.54) is 38.5 Å². The van der Waals surface area contributed by atoms with Crippen molar-refractivity contribution in [3.63, 3.8) is 0 Å². The van der Waals surface area contributed by atoms with Gasteiger partial charge in [0.1, 0.15) is 6.04 Å². The average molecular weight is 392 g/mol. The van der Waals surface area contributed by atoms with E-state index >= 15 is 0 Å². The van der Waals surface area contributed by atoms with Crippen LogP contribution >= 0.6 is 11.8 Å². The van der Waals surface area contributed by atoms with E-state index < -0.39 is 6.04 Å². The molecule has 0 aromatic heterocycles. The number of amides is 2. The molecule has 27 heavy (non-hydrogen) atoms. The van der Waals surface area contributed by atoms with Crippen LogP contribution in [0.4, 0.5) is 0 Å². The molecule has 0 saturated heterocycles. The third kappa shape index (κ3) is 8.35. The minimum atomic E-state index is -0.497. The number of nitrogens with one attached hydrogen (secondary N) is 3. The minimum Gasteiger partial charge on any atom is -0.353 e. The third-order valence-electron chi connectivity index (χ3n) is 4.98. The molecule has 1 aromatic carbocycles. The van der Waals surface area contributed by atoms with Crippen LogP contribution in [0.25, 0.3) is 0 Å². The van der Waals surface area contributed by atoms with Gasteiger partial charge < -0.3 is 16.0 Å². The van der Waals surface area contributed by atoms with Crippen LogP contribution in [0.2, 0.25) is 0 Å². The Morgan fingerprint density at radius 3 is 2.44 bits per heavy atom.